The van der Waals surface area contributed by atoms with Gasteiger partial charge >= 0.3 is 0 Å². The molecule has 14 heavy (non-hydrogen) atoms. The molecule has 1 aliphatic heterocycles. The summed E-state index contributed by atoms with van der Waals surface area (Å²) < 4.78 is 0. The zero-order valence-electron chi connectivity index (χ0n) is 8.86. The normalized spacial score (nSPS) is 26.7. The molecule has 0 aromatic carbocycles. The third-order valence-electron chi connectivity index (χ3n) is 3.17. The second-order valence-corrected chi connectivity index (χ2v) is 4.19. The number of carbonyl (C=O) groups excluding carboxylic acids is 1. The number of nitrogens with zero attached hydrogens (tertiary/aromatic N) is 1. The van der Waals surface area contributed by atoms with Gasteiger partial charge in [0, 0.05) is 18.7 Å². The minimum absolute atomic E-state index is 0.00435. The average Bonchev–Trinajstić information content (AvgIpc) is 2.46. The van der Waals surface area contributed by atoms with Crippen LogP contribution in [0.5, 0.6) is 0 Å². The van der Waals surface area contributed by atoms with E-state index in [2.05, 4.69) is 0 Å². The van der Waals surface area contributed by atoms with Gasteiger partial charge in [-0.15, -0.1) is 0 Å². The number of hydrogen-bond donors (Lipinski definition) is 2. The second-order valence-electron chi connectivity index (χ2n) is 4.19. The lowest BCUT2D eigenvalue weighted by Gasteiger charge is -2.38. The molecule has 1 saturated heterocycles. The fourth-order valence-corrected chi connectivity index (χ4v) is 1.95. The number of rotatable bonds is 4. The Morgan fingerprint density at radius 1 is 1.64 bits per heavy atom. The molecule has 2 atom stereocenters. The molecule has 0 aromatic heterocycles. The highest BCUT2D eigenvalue weighted by Gasteiger charge is 2.39. The smallest absolute Gasteiger partial charge is 0.225 e. The predicted octanol–water partition coefficient (Wildman–Crippen LogP) is 0.131. The van der Waals surface area contributed by atoms with E-state index < -0.39 is 6.10 Å². The van der Waals surface area contributed by atoms with Crippen LogP contribution in [0, 0.1) is 0 Å². The van der Waals surface area contributed by atoms with Gasteiger partial charge in [-0.1, -0.05) is 6.92 Å². The van der Waals surface area contributed by atoms with Crippen molar-refractivity contribution in [2.75, 3.05) is 13.2 Å². The first kappa shape index (κ1) is 11.5. The number of β-amino-alcohol motifs (C(OH)–C–C–N with tert-alkyl or cyclic N) is 1. The van der Waals surface area contributed by atoms with Gasteiger partial charge in [0.25, 0.3) is 0 Å². The van der Waals surface area contributed by atoms with Crippen LogP contribution in [0.4, 0.5) is 0 Å². The molecule has 1 amide bonds. The molecule has 0 spiro atoms. The molecule has 2 unspecified atom stereocenters. The van der Waals surface area contributed by atoms with Crippen LogP contribution < -0.4 is 0 Å². The average molecular weight is 201 g/mol. The van der Waals surface area contributed by atoms with E-state index in [1.165, 1.54) is 0 Å². The first-order valence-corrected chi connectivity index (χ1v) is 5.13. The van der Waals surface area contributed by atoms with Crippen molar-refractivity contribution >= 4 is 5.91 Å². The molecule has 0 saturated carbocycles. The maximum atomic E-state index is 11.5. The van der Waals surface area contributed by atoms with Crippen molar-refractivity contribution in [3.63, 3.8) is 0 Å². The molecule has 4 heteroatoms. The zero-order chi connectivity index (χ0) is 10.8. The molecule has 1 heterocycles. The van der Waals surface area contributed by atoms with Gasteiger partial charge in [-0.3, -0.25) is 4.79 Å². The Hall–Kier alpha value is -0.610. The van der Waals surface area contributed by atoms with Crippen LogP contribution in [0.15, 0.2) is 0 Å². The van der Waals surface area contributed by atoms with Crippen LogP contribution in [-0.2, 0) is 4.79 Å². The highest BCUT2D eigenvalue weighted by Crippen LogP contribution is 2.28. The summed E-state index contributed by atoms with van der Waals surface area (Å²) in [6, 6.07) is 0. The Morgan fingerprint density at radius 2 is 2.29 bits per heavy atom. The molecule has 1 rings (SSSR count). The van der Waals surface area contributed by atoms with Crippen LogP contribution in [0.3, 0.4) is 0 Å². The Bertz CT molecular complexity index is 219. The minimum atomic E-state index is -0.535. The Labute approximate surface area is 84.5 Å². The molecule has 2 N–H and O–H groups in total. The summed E-state index contributed by atoms with van der Waals surface area (Å²) in [4.78, 5) is 13.3. The van der Waals surface area contributed by atoms with Crippen molar-refractivity contribution in [2.24, 2.45) is 0 Å². The lowest BCUT2D eigenvalue weighted by molar-refractivity contribution is -0.133. The van der Waals surface area contributed by atoms with Crippen LogP contribution in [0.2, 0.25) is 0 Å². The molecule has 0 radical (unpaired) electrons. The van der Waals surface area contributed by atoms with Gasteiger partial charge in [0.05, 0.1) is 12.5 Å². The standard InChI is InChI=1S/C10H19NO3/c1-3-10(2,4-5-12)11-7-8(13)6-9(11)14/h8,12-13H,3-7H2,1-2H3. The summed E-state index contributed by atoms with van der Waals surface area (Å²) in [5, 5.41) is 18.3. The van der Waals surface area contributed by atoms with Gasteiger partial charge in [0.15, 0.2) is 0 Å². The quantitative estimate of drug-likeness (QED) is 0.679. The number of aliphatic hydroxyl groups excluding tert-OH is 2. The van der Waals surface area contributed by atoms with Crippen molar-refractivity contribution in [1.29, 1.82) is 0 Å². The number of hydrogen-bond acceptors (Lipinski definition) is 3. The molecule has 4 nitrogen and oxygen atoms in total. The van der Waals surface area contributed by atoms with Crippen LogP contribution in [0.25, 0.3) is 0 Å². The third kappa shape index (κ3) is 2.07. The van der Waals surface area contributed by atoms with Gasteiger partial charge in [0.1, 0.15) is 0 Å². The number of amides is 1. The topological polar surface area (TPSA) is 60.8 Å². The number of aliphatic hydroxyl groups is 2. The van der Waals surface area contributed by atoms with E-state index in [-0.39, 0.29) is 24.5 Å². The lowest BCUT2D eigenvalue weighted by Crippen LogP contribution is -2.47. The molecule has 0 aliphatic carbocycles. The SMILES string of the molecule is CCC(C)(CCO)N1CC(O)CC1=O. The van der Waals surface area contributed by atoms with Crippen LogP contribution in [-0.4, -0.2) is 45.8 Å². The predicted molar refractivity (Wildman–Crippen MR) is 52.7 cm³/mol. The van der Waals surface area contributed by atoms with Crippen molar-refractivity contribution < 1.29 is 15.0 Å². The maximum Gasteiger partial charge on any atom is 0.225 e. The van der Waals surface area contributed by atoms with E-state index in [0.717, 1.165) is 6.42 Å². The molecular formula is C10H19NO3. The Balaban J connectivity index is 2.73. The largest absolute Gasteiger partial charge is 0.396 e. The number of likely N-dealkylation sites (tertiary alicyclic amines) is 1. The highest BCUT2D eigenvalue weighted by molar-refractivity contribution is 5.79. The van der Waals surface area contributed by atoms with Crippen molar-refractivity contribution in [2.45, 2.75) is 44.8 Å². The van der Waals surface area contributed by atoms with E-state index in [1.54, 1.807) is 4.90 Å². The van der Waals surface area contributed by atoms with E-state index in [1.807, 2.05) is 13.8 Å². The van der Waals surface area contributed by atoms with Gasteiger partial charge in [-0.05, 0) is 19.8 Å². The lowest BCUT2D eigenvalue weighted by atomic mass is 9.93. The van der Waals surface area contributed by atoms with E-state index in [9.17, 15) is 9.90 Å². The van der Waals surface area contributed by atoms with E-state index >= 15 is 0 Å². The fourth-order valence-electron chi connectivity index (χ4n) is 1.95. The van der Waals surface area contributed by atoms with Crippen molar-refractivity contribution in [3.05, 3.63) is 0 Å². The molecular weight excluding hydrogens is 182 g/mol. The monoisotopic (exact) mass is 201 g/mol. The van der Waals surface area contributed by atoms with Gasteiger partial charge in [-0.2, -0.15) is 0 Å². The van der Waals surface area contributed by atoms with Crippen LogP contribution >= 0.6 is 0 Å². The van der Waals surface area contributed by atoms with Crippen LogP contribution in [0.1, 0.15) is 33.1 Å². The van der Waals surface area contributed by atoms with Crippen molar-refractivity contribution in [3.8, 4) is 0 Å². The maximum absolute atomic E-state index is 11.5. The molecule has 0 aromatic rings. The van der Waals surface area contributed by atoms with E-state index in [4.69, 9.17) is 5.11 Å². The first-order valence-electron chi connectivity index (χ1n) is 5.13. The summed E-state index contributed by atoms with van der Waals surface area (Å²) >= 11 is 0. The van der Waals surface area contributed by atoms with Gasteiger partial charge in [-0.25, -0.2) is 0 Å². The summed E-state index contributed by atoms with van der Waals surface area (Å²) in [5.41, 5.74) is -0.302. The Morgan fingerprint density at radius 3 is 2.64 bits per heavy atom. The summed E-state index contributed by atoms with van der Waals surface area (Å²) in [5.74, 6) is -0.00435. The summed E-state index contributed by atoms with van der Waals surface area (Å²) in [6.07, 6.45) is 1.06. The fraction of sp³-hybridized carbons (Fsp3) is 0.900. The zero-order valence-corrected chi connectivity index (χ0v) is 8.86. The minimum Gasteiger partial charge on any atom is -0.396 e. The summed E-state index contributed by atoms with van der Waals surface area (Å²) in [7, 11) is 0. The van der Waals surface area contributed by atoms with Crippen molar-refractivity contribution in [1.82, 2.24) is 4.90 Å². The molecule has 1 aliphatic rings. The first-order chi connectivity index (χ1) is 6.53. The molecule has 0 bridgehead atoms. The highest BCUT2D eigenvalue weighted by atomic mass is 16.3. The third-order valence-corrected chi connectivity index (χ3v) is 3.17. The van der Waals surface area contributed by atoms with Gasteiger partial charge in [0.2, 0.25) is 5.91 Å². The molecule has 1 fully saturated rings. The number of carbonyl (C=O) groups is 1. The van der Waals surface area contributed by atoms with Gasteiger partial charge < -0.3 is 15.1 Å². The Kier molecular flexibility index (Phi) is 3.50. The summed E-state index contributed by atoms with van der Waals surface area (Å²) in [6.45, 7) is 4.43. The second kappa shape index (κ2) is 4.28. The van der Waals surface area contributed by atoms with E-state index in [0.29, 0.717) is 13.0 Å². The molecule has 82 valence electrons.